The summed E-state index contributed by atoms with van der Waals surface area (Å²) in [4.78, 5) is 11.6. The topological polar surface area (TPSA) is 70.4 Å². The van der Waals surface area contributed by atoms with Crippen LogP contribution >= 0.6 is 0 Å². The molecule has 0 aliphatic carbocycles. The van der Waals surface area contributed by atoms with E-state index in [1.165, 1.54) is 12.1 Å². The summed E-state index contributed by atoms with van der Waals surface area (Å²) in [6, 6.07) is 15.4. The van der Waals surface area contributed by atoms with Gasteiger partial charge in [0.05, 0.1) is 5.69 Å². The highest BCUT2D eigenvalue weighted by atomic mass is 19.1. The zero-order chi connectivity index (χ0) is 20.9. The highest BCUT2D eigenvalue weighted by Crippen LogP contribution is 2.35. The molecule has 0 spiro atoms. The molecular formula is C23H22FN7. The van der Waals surface area contributed by atoms with Crippen molar-refractivity contribution in [3.8, 4) is 22.5 Å². The first-order valence-electron chi connectivity index (χ1n) is 10.5. The average Bonchev–Trinajstić information content (AvgIpc) is 3.53. The number of nitrogens with zero attached hydrogens (tertiary/aromatic N) is 5. The third-order valence-corrected chi connectivity index (χ3v) is 6.22. The number of rotatable bonds is 4. The molecule has 156 valence electrons. The van der Waals surface area contributed by atoms with Crippen LogP contribution in [0.25, 0.3) is 28.2 Å². The Kier molecular flexibility index (Phi) is 4.14. The van der Waals surface area contributed by atoms with E-state index in [0.717, 1.165) is 59.3 Å². The predicted octanol–water partition coefficient (Wildman–Crippen LogP) is 3.19. The van der Waals surface area contributed by atoms with Gasteiger partial charge in [-0.3, -0.25) is 0 Å². The summed E-state index contributed by atoms with van der Waals surface area (Å²) in [6.07, 6.45) is 2.93. The Morgan fingerprint density at radius 1 is 1.10 bits per heavy atom. The number of nitrogens with one attached hydrogen (secondary N) is 2. The molecule has 4 aromatic rings. The van der Waals surface area contributed by atoms with Crippen LogP contribution in [0.15, 0.2) is 54.7 Å². The fourth-order valence-corrected chi connectivity index (χ4v) is 4.70. The van der Waals surface area contributed by atoms with Gasteiger partial charge in [-0.1, -0.05) is 0 Å². The molecule has 2 unspecified atom stereocenters. The van der Waals surface area contributed by atoms with E-state index < -0.39 is 0 Å². The van der Waals surface area contributed by atoms with Crippen molar-refractivity contribution in [3.05, 3.63) is 60.5 Å². The van der Waals surface area contributed by atoms with Gasteiger partial charge in [0.15, 0.2) is 5.65 Å². The molecule has 2 atom stereocenters. The Balaban J connectivity index is 1.55. The molecule has 2 N–H and O–H groups in total. The van der Waals surface area contributed by atoms with E-state index in [9.17, 15) is 4.39 Å². The van der Waals surface area contributed by atoms with Crippen molar-refractivity contribution < 1.29 is 4.39 Å². The van der Waals surface area contributed by atoms with E-state index in [0.29, 0.717) is 12.1 Å². The van der Waals surface area contributed by atoms with Gasteiger partial charge in [0.1, 0.15) is 23.1 Å². The summed E-state index contributed by atoms with van der Waals surface area (Å²) in [7, 11) is 1.84. The minimum atomic E-state index is -0.270. The maximum atomic E-state index is 13.6. The van der Waals surface area contributed by atoms with E-state index in [-0.39, 0.29) is 5.82 Å². The van der Waals surface area contributed by atoms with Crippen LogP contribution in [0, 0.1) is 5.82 Å². The Morgan fingerprint density at radius 2 is 1.97 bits per heavy atom. The number of pyridine rings is 1. The molecule has 6 rings (SSSR count). The summed E-state index contributed by atoms with van der Waals surface area (Å²) in [6.45, 7) is 1.97. The molecule has 2 bridgehead atoms. The molecule has 0 radical (unpaired) electrons. The largest absolute Gasteiger partial charge is 0.373 e. The van der Waals surface area contributed by atoms with Crippen molar-refractivity contribution >= 4 is 17.3 Å². The lowest BCUT2D eigenvalue weighted by Crippen LogP contribution is -2.44. The number of piperazine rings is 1. The maximum absolute atomic E-state index is 13.6. The molecule has 2 saturated heterocycles. The molecule has 31 heavy (non-hydrogen) atoms. The zero-order valence-electron chi connectivity index (χ0n) is 17.1. The number of anilines is 2. The summed E-state index contributed by atoms with van der Waals surface area (Å²) in [5, 5.41) is 11.6. The molecule has 0 amide bonds. The molecule has 3 aromatic heterocycles. The molecule has 0 saturated carbocycles. The number of hydrogen-bond donors (Lipinski definition) is 2. The zero-order valence-corrected chi connectivity index (χ0v) is 17.1. The fraction of sp³-hybridized carbons (Fsp3) is 0.261. The number of aromatic nitrogens is 4. The van der Waals surface area contributed by atoms with Gasteiger partial charge in [-0.05, 0) is 55.0 Å². The predicted molar refractivity (Wildman–Crippen MR) is 119 cm³/mol. The van der Waals surface area contributed by atoms with Crippen molar-refractivity contribution in [2.75, 3.05) is 30.4 Å². The van der Waals surface area contributed by atoms with Crippen LogP contribution < -0.4 is 15.5 Å². The summed E-state index contributed by atoms with van der Waals surface area (Å²) < 4.78 is 15.5. The quantitative estimate of drug-likeness (QED) is 0.534. The van der Waals surface area contributed by atoms with E-state index in [4.69, 9.17) is 10.1 Å². The van der Waals surface area contributed by atoms with E-state index >= 15 is 0 Å². The van der Waals surface area contributed by atoms with Gasteiger partial charge >= 0.3 is 0 Å². The third-order valence-electron chi connectivity index (χ3n) is 6.22. The van der Waals surface area contributed by atoms with Gasteiger partial charge in [0.2, 0.25) is 0 Å². The van der Waals surface area contributed by atoms with Gasteiger partial charge in [-0.2, -0.15) is 0 Å². The number of halogens is 1. The summed E-state index contributed by atoms with van der Waals surface area (Å²) >= 11 is 0. The van der Waals surface area contributed by atoms with Crippen molar-refractivity contribution in [1.29, 1.82) is 0 Å². The number of fused-ring (bicyclic) bond motifs is 3. The van der Waals surface area contributed by atoms with Crippen LogP contribution in [-0.2, 0) is 0 Å². The summed E-state index contributed by atoms with van der Waals surface area (Å²) in [5.41, 5.74) is 4.17. The summed E-state index contributed by atoms with van der Waals surface area (Å²) in [5.74, 6) is 1.44. The van der Waals surface area contributed by atoms with E-state index in [2.05, 4.69) is 20.5 Å². The first-order valence-corrected chi connectivity index (χ1v) is 10.5. The first-order chi connectivity index (χ1) is 15.2. The Hall–Kier alpha value is -3.52. The molecular weight excluding hydrogens is 393 g/mol. The molecule has 8 heteroatoms. The Morgan fingerprint density at radius 3 is 2.71 bits per heavy atom. The third kappa shape index (κ3) is 3.02. The molecule has 1 aromatic carbocycles. The fourth-order valence-electron chi connectivity index (χ4n) is 4.70. The number of imidazole rings is 1. The van der Waals surface area contributed by atoms with E-state index in [1.54, 1.807) is 18.3 Å². The van der Waals surface area contributed by atoms with Gasteiger partial charge in [0.25, 0.3) is 0 Å². The van der Waals surface area contributed by atoms with Crippen molar-refractivity contribution in [2.45, 2.75) is 18.5 Å². The van der Waals surface area contributed by atoms with E-state index in [1.807, 2.05) is 35.8 Å². The lowest BCUT2D eigenvalue weighted by molar-refractivity contribution is 0.573. The maximum Gasteiger partial charge on any atom is 0.155 e. The van der Waals surface area contributed by atoms with Crippen molar-refractivity contribution in [2.24, 2.45) is 0 Å². The van der Waals surface area contributed by atoms with Crippen LogP contribution in [-0.4, -0.2) is 51.8 Å². The average molecular weight is 415 g/mol. The second-order valence-electron chi connectivity index (χ2n) is 8.10. The van der Waals surface area contributed by atoms with Crippen LogP contribution in [0.3, 0.4) is 0 Å². The highest BCUT2D eigenvalue weighted by Gasteiger charge is 2.38. The van der Waals surface area contributed by atoms with Crippen molar-refractivity contribution in [3.63, 3.8) is 0 Å². The minimum Gasteiger partial charge on any atom is -0.373 e. The normalized spacial score (nSPS) is 20.0. The SMILES string of the molecule is CNc1cc(-c2c(-c3ccc(F)cc3)nc3ccc(N4CC5CC4CN5)nn23)ccn1. The van der Waals surface area contributed by atoms with Crippen molar-refractivity contribution in [1.82, 2.24) is 24.9 Å². The number of benzene rings is 1. The molecule has 5 heterocycles. The monoisotopic (exact) mass is 415 g/mol. The standard InChI is InChI=1S/C23H22FN7/c1-25-19-10-15(8-9-26-19)23-22(14-2-4-16(24)5-3-14)28-20-6-7-21(29-31(20)23)30-13-17-11-18(30)12-27-17/h2-10,17-18,27H,11-13H2,1H3,(H,25,26). The molecule has 2 aliphatic rings. The smallest absolute Gasteiger partial charge is 0.155 e. The minimum absolute atomic E-state index is 0.270. The van der Waals surface area contributed by atoms with Crippen LogP contribution in [0.5, 0.6) is 0 Å². The first kappa shape index (κ1) is 18.3. The van der Waals surface area contributed by atoms with Gasteiger partial charge in [-0.25, -0.2) is 18.9 Å². The second kappa shape index (κ2) is 7.02. The van der Waals surface area contributed by atoms with Crippen LogP contribution in [0.2, 0.25) is 0 Å². The van der Waals surface area contributed by atoms with Gasteiger partial charge < -0.3 is 15.5 Å². The Bertz CT molecular complexity index is 1270. The lowest BCUT2D eigenvalue weighted by Gasteiger charge is -2.28. The van der Waals surface area contributed by atoms with Gasteiger partial charge in [-0.15, -0.1) is 5.10 Å². The molecule has 7 nitrogen and oxygen atoms in total. The van der Waals surface area contributed by atoms with Gasteiger partial charge in [0, 0.05) is 49.5 Å². The second-order valence-corrected chi connectivity index (χ2v) is 8.10. The molecule has 2 aliphatic heterocycles. The number of hydrogen-bond acceptors (Lipinski definition) is 6. The van der Waals surface area contributed by atoms with Crippen LogP contribution in [0.4, 0.5) is 16.0 Å². The lowest BCUT2D eigenvalue weighted by atomic mass is 10.1. The molecule has 2 fully saturated rings. The van der Waals surface area contributed by atoms with Crippen LogP contribution in [0.1, 0.15) is 6.42 Å². The Labute approximate surface area is 178 Å². The highest BCUT2D eigenvalue weighted by molar-refractivity contribution is 5.82.